The number of alkyl halides is 3. The molecule has 0 spiro atoms. The molecule has 31 heavy (non-hydrogen) atoms. The first-order valence-electron chi connectivity index (χ1n) is 10.5. The van der Waals surface area contributed by atoms with Crippen molar-refractivity contribution < 1.29 is 18.0 Å². The van der Waals surface area contributed by atoms with Gasteiger partial charge in [-0.3, -0.25) is 4.79 Å². The van der Waals surface area contributed by atoms with Crippen molar-refractivity contribution in [2.24, 2.45) is 0 Å². The van der Waals surface area contributed by atoms with E-state index in [0.29, 0.717) is 35.6 Å². The molecule has 0 saturated carbocycles. The highest BCUT2D eigenvalue weighted by Crippen LogP contribution is 2.29. The number of rotatable bonds is 11. The van der Waals surface area contributed by atoms with Crippen LogP contribution in [0, 0.1) is 0 Å². The summed E-state index contributed by atoms with van der Waals surface area (Å²) < 4.78 is 37.9. The van der Waals surface area contributed by atoms with E-state index in [2.05, 4.69) is 29.7 Å². The summed E-state index contributed by atoms with van der Waals surface area (Å²) >= 11 is 0. The van der Waals surface area contributed by atoms with Crippen molar-refractivity contribution in [3.05, 3.63) is 65.7 Å². The van der Waals surface area contributed by atoms with Gasteiger partial charge in [-0.1, -0.05) is 44.1 Å². The van der Waals surface area contributed by atoms with E-state index in [0.717, 1.165) is 31.4 Å². The average molecular weight is 434 g/mol. The maximum Gasteiger partial charge on any atom is 0.416 e. The van der Waals surface area contributed by atoms with E-state index < -0.39 is 11.7 Å². The molecule has 4 nitrogen and oxygen atoms in total. The molecule has 2 rings (SSSR count). The molecule has 2 aromatic rings. The van der Waals surface area contributed by atoms with Crippen LogP contribution in [-0.2, 0) is 17.5 Å². The summed E-state index contributed by atoms with van der Waals surface area (Å²) in [6.45, 7) is 2.51. The number of hydrogen-bond acceptors (Lipinski definition) is 3. The molecule has 168 valence electrons. The van der Waals surface area contributed by atoms with Gasteiger partial charge in [0.25, 0.3) is 0 Å². The van der Waals surface area contributed by atoms with Crippen molar-refractivity contribution in [3.63, 3.8) is 0 Å². The zero-order valence-electron chi connectivity index (χ0n) is 17.8. The van der Waals surface area contributed by atoms with Crippen molar-refractivity contribution in [2.75, 3.05) is 16.4 Å². The van der Waals surface area contributed by atoms with Crippen LogP contribution < -0.4 is 16.4 Å². The Bertz CT molecular complexity index is 861. The second-order valence-electron chi connectivity index (χ2n) is 7.40. The van der Waals surface area contributed by atoms with Gasteiger partial charge < -0.3 is 16.4 Å². The van der Waals surface area contributed by atoms with Gasteiger partial charge in [0.05, 0.1) is 16.9 Å². The van der Waals surface area contributed by atoms with Crippen LogP contribution in [0.15, 0.2) is 54.6 Å². The summed E-state index contributed by atoms with van der Waals surface area (Å²) in [6.07, 6.45) is 5.46. The Morgan fingerprint density at radius 3 is 2.32 bits per heavy atom. The van der Waals surface area contributed by atoms with E-state index in [1.165, 1.54) is 25.0 Å². The van der Waals surface area contributed by atoms with E-state index in [1.54, 1.807) is 18.2 Å². The zero-order valence-corrected chi connectivity index (χ0v) is 17.8. The Kier molecular flexibility index (Phi) is 9.43. The van der Waals surface area contributed by atoms with Crippen molar-refractivity contribution >= 4 is 23.0 Å². The summed E-state index contributed by atoms with van der Waals surface area (Å²) in [6, 6.07) is 10.2. The lowest BCUT2D eigenvalue weighted by molar-refractivity contribution is -0.137. The predicted octanol–water partition coefficient (Wildman–Crippen LogP) is 6.75. The molecule has 1 amide bonds. The molecular formula is C24H30F3N3O. The molecule has 4 N–H and O–H groups in total. The van der Waals surface area contributed by atoms with Crippen LogP contribution in [0.3, 0.4) is 0 Å². The number of carbonyl (C=O) groups is 1. The van der Waals surface area contributed by atoms with Gasteiger partial charge in [0, 0.05) is 18.7 Å². The maximum atomic E-state index is 12.6. The molecule has 0 aliphatic heterocycles. The minimum atomic E-state index is -4.34. The van der Waals surface area contributed by atoms with Crippen molar-refractivity contribution in [2.45, 2.75) is 58.2 Å². The van der Waals surface area contributed by atoms with Gasteiger partial charge in [0.15, 0.2) is 0 Å². The molecule has 7 heteroatoms. The van der Waals surface area contributed by atoms with E-state index in [4.69, 9.17) is 5.73 Å². The molecule has 0 aliphatic carbocycles. The van der Waals surface area contributed by atoms with Gasteiger partial charge in [-0.2, -0.15) is 13.2 Å². The molecule has 0 saturated heterocycles. The lowest BCUT2D eigenvalue weighted by atomic mass is 10.1. The lowest BCUT2D eigenvalue weighted by Crippen LogP contribution is -2.12. The predicted molar refractivity (Wildman–Crippen MR) is 121 cm³/mol. The van der Waals surface area contributed by atoms with Crippen LogP contribution in [0.4, 0.5) is 30.2 Å². The van der Waals surface area contributed by atoms with E-state index in [9.17, 15) is 18.0 Å². The lowest BCUT2D eigenvalue weighted by Gasteiger charge is -2.12. The molecule has 0 unspecified atom stereocenters. The first kappa shape index (κ1) is 24.3. The van der Waals surface area contributed by atoms with Gasteiger partial charge >= 0.3 is 6.18 Å². The largest absolute Gasteiger partial charge is 0.416 e. The standard InChI is InChI=1S/C24H30F3N3O/c1-2-3-4-5-6-7-8-9-23(31)30-22-15-14-20(16-21(22)28)29-17-18-10-12-19(13-11-18)24(25,26)27/h5-6,10-16,29H,2-4,7-9,17,28H2,1H3,(H,30,31)/b6-5-. The van der Waals surface area contributed by atoms with E-state index in [1.807, 2.05) is 0 Å². The van der Waals surface area contributed by atoms with Crippen molar-refractivity contribution in [1.29, 1.82) is 0 Å². The summed E-state index contributed by atoms with van der Waals surface area (Å²) in [7, 11) is 0. The van der Waals surface area contributed by atoms with Crippen molar-refractivity contribution in [1.82, 2.24) is 0 Å². The average Bonchev–Trinajstić information content (AvgIpc) is 2.73. The van der Waals surface area contributed by atoms with E-state index >= 15 is 0 Å². The molecular weight excluding hydrogens is 403 g/mol. The number of nitrogens with one attached hydrogen (secondary N) is 2. The number of hydrogen-bond donors (Lipinski definition) is 3. The highest BCUT2D eigenvalue weighted by atomic mass is 19.4. The number of unbranched alkanes of at least 4 members (excludes halogenated alkanes) is 3. The van der Waals surface area contributed by atoms with Gasteiger partial charge in [-0.15, -0.1) is 0 Å². The number of nitrogen functional groups attached to an aromatic ring is 1. The first-order chi connectivity index (χ1) is 14.8. The Balaban J connectivity index is 1.79. The number of halogens is 3. The second-order valence-corrected chi connectivity index (χ2v) is 7.40. The number of amides is 1. The van der Waals surface area contributed by atoms with Crippen LogP contribution in [0.1, 0.15) is 56.6 Å². The highest BCUT2D eigenvalue weighted by Gasteiger charge is 2.29. The SMILES string of the molecule is CCCC/C=C\CCCC(=O)Nc1ccc(NCc2ccc(C(F)(F)F)cc2)cc1N. The Morgan fingerprint density at radius 1 is 1.03 bits per heavy atom. The van der Waals surface area contributed by atoms with E-state index in [-0.39, 0.29) is 5.91 Å². The van der Waals surface area contributed by atoms with Gasteiger partial charge in [0.2, 0.25) is 5.91 Å². The molecule has 2 aromatic carbocycles. The van der Waals surface area contributed by atoms with Gasteiger partial charge in [-0.05, 0) is 55.2 Å². The quantitative estimate of drug-likeness (QED) is 0.208. The monoisotopic (exact) mass is 433 g/mol. The summed E-state index contributed by atoms with van der Waals surface area (Å²) in [5.41, 5.74) is 7.76. The third-order valence-corrected chi connectivity index (χ3v) is 4.77. The Hall–Kier alpha value is -2.96. The highest BCUT2D eigenvalue weighted by molar-refractivity contribution is 5.94. The van der Waals surface area contributed by atoms with Crippen LogP contribution in [-0.4, -0.2) is 5.91 Å². The summed E-state index contributed by atoms with van der Waals surface area (Å²) in [4.78, 5) is 12.1. The van der Waals surface area contributed by atoms with Crippen molar-refractivity contribution in [3.8, 4) is 0 Å². The zero-order chi connectivity index (χ0) is 22.7. The minimum absolute atomic E-state index is 0.0841. The summed E-state index contributed by atoms with van der Waals surface area (Å²) in [5, 5.41) is 5.94. The van der Waals surface area contributed by atoms with Crippen LogP contribution in [0.5, 0.6) is 0 Å². The fourth-order valence-corrected chi connectivity index (χ4v) is 2.95. The molecule has 0 atom stereocenters. The van der Waals surface area contributed by atoms with Crippen LogP contribution in [0.2, 0.25) is 0 Å². The second kappa shape index (κ2) is 12.0. The number of carbonyl (C=O) groups excluding carboxylic acids is 1. The Labute approximate surface area is 181 Å². The molecule has 0 heterocycles. The normalized spacial score (nSPS) is 11.6. The minimum Gasteiger partial charge on any atom is -0.397 e. The summed E-state index contributed by atoms with van der Waals surface area (Å²) in [5.74, 6) is -0.0841. The fourth-order valence-electron chi connectivity index (χ4n) is 2.95. The van der Waals surface area contributed by atoms with Gasteiger partial charge in [-0.25, -0.2) is 0 Å². The maximum absolute atomic E-state index is 12.6. The molecule has 0 aliphatic rings. The third kappa shape index (κ3) is 8.74. The topological polar surface area (TPSA) is 67.2 Å². The van der Waals surface area contributed by atoms with Crippen LogP contribution in [0.25, 0.3) is 0 Å². The first-order valence-corrected chi connectivity index (χ1v) is 10.5. The number of allylic oxidation sites excluding steroid dienone is 2. The van der Waals surface area contributed by atoms with Gasteiger partial charge in [0.1, 0.15) is 0 Å². The molecule has 0 aromatic heterocycles. The van der Waals surface area contributed by atoms with Crippen LogP contribution >= 0.6 is 0 Å². The smallest absolute Gasteiger partial charge is 0.397 e. The number of anilines is 3. The fraction of sp³-hybridized carbons (Fsp3) is 0.375. The molecule has 0 radical (unpaired) electrons. The third-order valence-electron chi connectivity index (χ3n) is 4.77. The Morgan fingerprint density at radius 2 is 1.71 bits per heavy atom. The molecule has 0 bridgehead atoms. The molecule has 0 fully saturated rings. The number of nitrogens with two attached hydrogens (primary N) is 1. The number of benzene rings is 2.